The number of Topliss-reactive ketones (excluding diaryl/α,β-unsaturated/α-hetero) is 1. The second kappa shape index (κ2) is 8.60. The van der Waals surface area contributed by atoms with Crippen LogP contribution in [0.4, 0.5) is 0 Å². The van der Waals surface area contributed by atoms with Crippen LogP contribution in [-0.4, -0.2) is 58.6 Å². The van der Waals surface area contributed by atoms with E-state index in [9.17, 15) is 19.2 Å². The Bertz CT molecular complexity index is 933. The zero-order valence-corrected chi connectivity index (χ0v) is 18.7. The molecule has 3 aliphatic rings. The number of rotatable bonds is 2. The van der Waals surface area contributed by atoms with Crippen LogP contribution in [0.15, 0.2) is 10.9 Å². The van der Waals surface area contributed by atoms with Gasteiger partial charge in [-0.05, 0) is 43.6 Å². The molecule has 0 unspecified atom stereocenters. The first kappa shape index (κ1) is 21.8. The highest BCUT2D eigenvalue weighted by Crippen LogP contribution is 2.33. The molecule has 2 fully saturated rings. The molecule has 3 heterocycles. The summed E-state index contributed by atoms with van der Waals surface area (Å²) in [5.74, 6) is -0.206. The Kier molecular flexibility index (Phi) is 6.04. The number of pyridine rings is 1. The first-order chi connectivity index (χ1) is 14.7. The van der Waals surface area contributed by atoms with Crippen LogP contribution in [0.25, 0.3) is 0 Å². The van der Waals surface area contributed by atoms with Gasteiger partial charge in [0, 0.05) is 49.8 Å². The van der Waals surface area contributed by atoms with Crippen molar-refractivity contribution in [2.75, 3.05) is 26.2 Å². The number of aromatic nitrogens is 1. The predicted molar refractivity (Wildman–Crippen MR) is 117 cm³/mol. The van der Waals surface area contributed by atoms with Crippen molar-refractivity contribution in [2.24, 2.45) is 11.3 Å². The fraction of sp³-hybridized carbons (Fsp3) is 0.667. The molecule has 0 saturated carbocycles. The van der Waals surface area contributed by atoms with Gasteiger partial charge in [0.25, 0.3) is 11.5 Å². The van der Waals surface area contributed by atoms with Crippen LogP contribution >= 0.6 is 0 Å². The number of hydrogen-bond donors (Lipinski definition) is 1. The van der Waals surface area contributed by atoms with Crippen LogP contribution < -0.4 is 5.56 Å². The normalized spacial score (nSPS) is 22.1. The van der Waals surface area contributed by atoms with E-state index in [0.29, 0.717) is 50.0 Å². The second-order valence-corrected chi connectivity index (χ2v) is 10.2. The third-order valence-corrected chi connectivity index (χ3v) is 7.00. The quantitative estimate of drug-likeness (QED) is 0.786. The summed E-state index contributed by atoms with van der Waals surface area (Å²) in [6.07, 6.45) is 6.78. The first-order valence-electron chi connectivity index (χ1n) is 11.6. The number of carbonyl (C=O) groups excluding carboxylic acids is 3. The second-order valence-electron chi connectivity index (χ2n) is 10.2. The van der Waals surface area contributed by atoms with Gasteiger partial charge in [-0.15, -0.1) is 0 Å². The molecule has 0 aromatic carbocycles. The van der Waals surface area contributed by atoms with Crippen molar-refractivity contribution >= 4 is 17.6 Å². The van der Waals surface area contributed by atoms with E-state index in [1.807, 2.05) is 18.7 Å². The van der Waals surface area contributed by atoms with Gasteiger partial charge in [0.05, 0.1) is 0 Å². The number of hydrogen-bond acceptors (Lipinski definition) is 4. The van der Waals surface area contributed by atoms with E-state index in [1.165, 1.54) is 18.9 Å². The summed E-state index contributed by atoms with van der Waals surface area (Å²) in [6.45, 7) is 6.60. The highest BCUT2D eigenvalue weighted by atomic mass is 16.2. The molecule has 0 radical (unpaired) electrons. The molecule has 1 aromatic heterocycles. The standard InChI is InChI=1S/C24H33N3O4/c1-24(2)14-19-17(20(28)15-24)13-18(21(29)25-19)23(31)27-11-7-16(8-12-27)22(30)26-9-5-3-4-6-10-26/h13,16H,3-12,14-15H2,1-2H3,(H,25,29). The number of piperidine rings is 1. The van der Waals surface area contributed by atoms with Gasteiger partial charge in [-0.2, -0.15) is 0 Å². The van der Waals surface area contributed by atoms with Crippen molar-refractivity contribution in [3.63, 3.8) is 0 Å². The molecule has 1 N–H and O–H groups in total. The molecule has 2 amide bonds. The van der Waals surface area contributed by atoms with E-state index in [0.717, 1.165) is 25.9 Å². The Balaban J connectivity index is 1.43. The molecular weight excluding hydrogens is 394 g/mol. The molecule has 1 aromatic rings. The maximum Gasteiger partial charge on any atom is 0.261 e. The van der Waals surface area contributed by atoms with Crippen molar-refractivity contribution in [3.05, 3.63) is 33.2 Å². The smallest absolute Gasteiger partial charge is 0.261 e. The molecule has 4 rings (SSSR count). The van der Waals surface area contributed by atoms with Crippen LogP contribution in [0.3, 0.4) is 0 Å². The molecule has 0 atom stereocenters. The first-order valence-corrected chi connectivity index (χ1v) is 11.6. The van der Waals surface area contributed by atoms with E-state index >= 15 is 0 Å². The predicted octanol–water partition coefficient (Wildman–Crippen LogP) is 2.78. The summed E-state index contributed by atoms with van der Waals surface area (Å²) in [7, 11) is 0. The zero-order chi connectivity index (χ0) is 22.2. The van der Waals surface area contributed by atoms with Crippen LogP contribution in [0.2, 0.25) is 0 Å². The summed E-state index contributed by atoms with van der Waals surface area (Å²) in [6, 6.07) is 1.49. The molecule has 168 valence electrons. The minimum absolute atomic E-state index is 0.0293. The number of carbonyl (C=O) groups is 3. The van der Waals surface area contributed by atoms with Crippen molar-refractivity contribution in [1.82, 2.24) is 14.8 Å². The number of nitrogens with one attached hydrogen (secondary N) is 1. The average molecular weight is 428 g/mol. The van der Waals surface area contributed by atoms with Crippen LogP contribution in [0.1, 0.15) is 85.2 Å². The Morgan fingerprint density at radius 3 is 2.23 bits per heavy atom. The highest BCUT2D eigenvalue weighted by Gasteiger charge is 2.35. The molecular formula is C24H33N3O4. The maximum atomic E-state index is 13.1. The number of ketones is 1. The van der Waals surface area contributed by atoms with Crippen molar-refractivity contribution in [2.45, 2.75) is 65.2 Å². The largest absolute Gasteiger partial charge is 0.342 e. The number of nitrogens with zero attached hydrogens (tertiary/aromatic N) is 2. The van der Waals surface area contributed by atoms with Crippen LogP contribution in [0.5, 0.6) is 0 Å². The van der Waals surface area contributed by atoms with Crippen molar-refractivity contribution in [3.8, 4) is 0 Å². The zero-order valence-electron chi connectivity index (χ0n) is 18.7. The lowest BCUT2D eigenvalue weighted by Gasteiger charge is -2.34. The number of fused-ring (bicyclic) bond motifs is 1. The summed E-state index contributed by atoms with van der Waals surface area (Å²) < 4.78 is 0. The molecule has 0 bridgehead atoms. The van der Waals surface area contributed by atoms with Crippen LogP contribution in [-0.2, 0) is 11.2 Å². The molecule has 1 aliphatic carbocycles. The Morgan fingerprint density at radius 2 is 1.58 bits per heavy atom. The van der Waals surface area contributed by atoms with Crippen molar-refractivity contribution in [1.29, 1.82) is 0 Å². The monoisotopic (exact) mass is 427 g/mol. The van der Waals surface area contributed by atoms with Gasteiger partial charge < -0.3 is 14.8 Å². The van der Waals surface area contributed by atoms with E-state index < -0.39 is 5.56 Å². The fourth-order valence-corrected chi connectivity index (χ4v) is 5.24. The average Bonchev–Trinajstić information content (AvgIpc) is 3.01. The lowest BCUT2D eigenvalue weighted by atomic mass is 9.75. The van der Waals surface area contributed by atoms with Gasteiger partial charge in [0.2, 0.25) is 5.91 Å². The third-order valence-electron chi connectivity index (χ3n) is 7.00. The molecule has 2 saturated heterocycles. The van der Waals surface area contributed by atoms with Gasteiger partial charge in [-0.25, -0.2) is 0 Å². The summed E-state index contributed by atoms with van der Waals surface area (Å²) in [5.41, 5.74) is 0.500. The number of H-pyrrole nitrogens is 1. The van der Waals surface area contributed by atoms with Crippen LogP contribution in [0, 0.1) is 11.3 Å². The van der Waals surface area contributed by atoms with Crippen molar-refractivity contribution < 1.29 is 14.4 Å². The van der Waals surface area contributed by atoms with Gasteiger partial charge >= 0.3 is 0 Å². The SMILES string of the molecule is CC1(C)CC(=O)c2cc(C(=O)N3CCC(C(=O)N4CCCCCC4)CC3)c(=O)[nH]c2C1. The third kappa shape index (κ3) is 4.60. The maximum absolute atomic E-state index is 13.1. The summed E-state index contributed by atoms with van der Waals surface area (Å²) in [5, 5.41) is 0. The van der Waals surface area contributed by atoms with Gasteiger partial charge in [0.1, 0.15) is 5.56 Å². The molecule has 2 aliphatic heterocycles. The van der Waals surface area contributed by atoms with Gasteiger partial charge in [0.15, 0.2) is 5.78 Å². The fourth-order valence-electron chi connectivity index (χ4n) is 5.24. The summed E-state index contributed by atoms with van der Waals surface area (Å²) in [4.78, 5) is 57.6. The molecule has 31 heavy (non-hydrogen) atoms. The molecule has 7 nitrogen and oxygen atoms in total. The topological polar surface area (TPSA) is 90.6 Å². The number of aromatic amines is 1. The lowest BCUT2D eigenvalue weighted by molar-refractivity contribution is -0.136. The Hall–Kier alpha value is -2.44. The minimum Gasteiger partial charge on any atom is -0.342 e. The van der Waals surface area contributed by atoms with E-state index in [1.54, 1.807) is 4.90 Å². The summed E-state index contributed by atoms with van der Waals surface area (Å²) >= 11 is 0. The van der Waals surface area contributed by atoms with Gasteiger partial charge in [-0.3, -0.25) is 19.2 Å². The number of likely N-dealkylation sites (tertiary alicyclic amines) is 2. The van der Waals surface area contributed by atoms with E-state index in [4.69, 9.17) is 0 Å². The minimum atomic E-state index is -0.433. The van der Waals surface area contributed by atoms with E-state index in [2.05, 4.69) is 4.98 Å². The Morgan fingerprint density at radius 1 is 0.935 bits per heavy atom. The molecule has 0 spiro atoms. The number of amides is 2. The lowest BCUT2D eigenvalue weighted by Crippen LogP contribution is -2.45. The van der Waals surface area contributed by atoms with Gasteiger partial charge in [-0.1, -0.05) is 26.7 Å². The highest BCUT2D eigenvalue weighted by molar-refractivity contribution is 6.02. The van der Waals surface area contributed by atoms with E-state index in [-0.39, 0.29) is 34.5 Å². The Labute approximate surface area is 183 Å². The molecule has 7 heteroatoms.